The monoisotopic (exact) mass is 365 g/mol. The van der Waals surface area contributed by atoms with Gasteiger partial charge in [0.2, 0.25) is 0 Å². The summed E-state index contributed by atoms with van der Waals surface area (Å²) in [6.45, 7) is 4.29. The van der Waals surface area contributed by atoms with Crippen molar-refractivity contribution in [1.29, 1.82) is 0 Å². The zero-order valence-corrected chi connectivity index (χ0v) is 16.5. The zero-order valence-electron chi connectivity index (χ0n) is 16.5. The number of benzene rings is 2. The van der Waals surface area contributed by atoms with Crippen LogP contribution in [0, 0.1) is 18.3 Å². The molecule has 1 heterocycles. The molecule has 1 heteroatoms. The van der Waals surface area contributed by atoms with Crippen LogP contribution in [0.1, 0.15) is 24.0 Å². The quantitative estimate of drug-likeness (QED) is 0.599. The van der Waals surface area contributed by atoms with E-state index in [-0.39, 0.29) is 5.41 Å². The van der Waals surface area contributed by atoms with Crippen molar-refractivity contribution in [3.05, 3.63) is 108 Å². The summed E-state index contributed by atoms with van der Waals surface area (Å²) >= 11 is 0. The third-order valence-electron chi connectivity index (χ3n) is 6.45. The number of nitrogens with zero attached hydrogens (tertiary/aromatic N) is 1. The van der Waals surface area contributed by atoms with E-state index in [2.05, 4.69) is 103 Å². The molecule has 28 heavy (non-hydrogen) atoms. The number of hydrogen-bond donors (Lipinski definition) is 0. The van der Waals surface area contributed by atoms with E-state index < -0.39 is 0 Å². The highest BCUT2D eigenvalue weighted by molar-refractivity contribution is 5.77. The van der Waals surface area contributed by atoms with Gasteiger partial charge in [-0.1, -0.05) is 90.1 Å². The number of rotatable bonds is 2. The van der Waals surface area contributed by atoms with Crippen molar-refractivity contribution in [2.45, 2.75) is 19.8 Å². The molecule has 0 saturated carbocycles. The molecule has 140 valence electrons. The van der Waals surface area contributed by atoms with Crippen LogP contribution in [0.5, 0.6) is 0 Å². The largest absolute Gasteiger partial charge is 0.370 e. The smallest absolute Gasteiger partial charge is 0.0366 e. The normalized spacial score (nSPS) is 26.0. The molecule has 2 atom stereocenters. The van der Waals surface area contributed by atoms with Gasteiger partial charge in [0.1, 0.15) is 0 Å². The summed E-state index contributed by atoms with van der Waals surface area (Å²) in [6.07, 6.45) is 16.5. The Morgan fingerprint density at radius 1 is 0.964 bits per heavy atom. The van der Waals surface area contributed by atoms with Crippen LogP contribution in [0.25, 0.3) is 5.57 Å². The van der Waals surface area contributed by atoms with Crippen LogP contribution in [-0.2, 0) is 0 Å². The fourth-order valence-electron chi connectivity index (χ4n) is 4.93. The highest BCUT2D eigenvalue weighted by Crippen LogP contribution is 2.47. The molecule has 0 amide bonds. The second kappa shape index (κ2) is 6.98. The molecule has 2 aromatic rings. The fourth-order valence-corrected chi connectivity index (χ4v) is 4.93. The molecule has 3 aliphatic rings. The summed E-state index contributed by atoms with van der Waals surface area (Å²) in [5.74, 6) is 0.551. The Hall–Kier alpha value is -2.80. The Morgan fingerprint density at radius 3 is 2.54 bits per heavy atom. The Kier molecular flexibility index (Phi) is 4.31. The highest BCUT2D eigenvalue weighted by atomic mass is 15.1. The highest BCUT2D eigenvalue weighted by Gasteiger charge is 2.39. The van der Waals surface area contributed by atoms with Gasteiger partial charge < -0.3 is 4.90 Å². The van der Waals surface area contributed by atoms with Gasteiger partial charge in [0, 0.05) is 24.2 Å². The average Bonchev–Trinajstić information content (AvgIpc) is 2.84. The Balaban J connectivity index is 1.59. The van der Waals surface area contributed by atoms with E-state index in [1.807, 2.05) is 0 Å². The molecule has 0 aromatic heterocycles. The average molecular weight is 366 g/mol. The standard InChI is InChI=1S/C27H27N/c1-21-10-12-23(13-11-21)24-16-22-17-25(18-24)27(14-6-3-7-15-27)20-28(19-22)26-8-4-2-5-9-26/h2-14,16,18,22H,15,17,19-20H2,1H3. The van der Waals surface area contributed by atoms with Crippen LogP contribution in [0.15, 0.2) is 96.6 Å². The topological polar surface area (TPSA) is 3.24 Å². The summed E-state index contributed by atoms with van der Waals surface area (Å²) in [4.78, 5) is 2.60. The summed E-state index contributed by atoms with van der Waals surface area (Å²) < 4.78 is 0. The van der Waals surface area contributed by atoms with Gasteiger partial charge in [0.15, 0.2) is 0 Å². The van der Waals surface area contributed by atoms with Crippen LogP contribution in [-0.4, -0.2) is 13.1 Å². The molecule has 0 radical (unpaired) electrons. The van der Waals surface area contributed by atoms with Crippen molar-refractivity contribution in [3.8, 4) is 0 Å². The maximum Gasteiger partial charge on any atom is 0.0366 e. The molecule has 2 aromatic carbocycles. The lowest BCUT2D eigenvalue weighted by Gasteiger charge is -2.37. The van der Waals surface area contributed by atoms with E-state index in [4.69, 9.17) is 0 Å². The van der Waals surface area contributed by atoms with Gasteiger partial charge in [-0.15, -0.1) is 0 Å². The first-order chi connectivity index (χ1) is 13.7. The maximum atomic E-state index is 2.60. The summed E-state index contributed by atoms with van der Waals surface area (Å²) in [7, 11) is 0. The van der Waals surface area contributed by atoms with Gasteiger partial charge in [0.05, 0.1) is 0 Å². The van der Waals surface area contributed by atoms with E-state index in [0.29, 0.717) is 5.92 Å². The van der Waals surface area contributed by atoms with Crippen LogP contribution < -0.4 is 4.90 Å². The fraction of sp³-hybridized carbons (Fsp3) is 0.259. The number of aryl methyl sites for hydroxylation is 1. The molecule has 5 rings (SSSR count). The minimum Gasteiger partial charge on any atom is -0.370 e. The first-order valence-corrected chi connectivity index (χ1v) is 10.4. The van der Waals surface area contributed by atoms with Gasteiger partial charge in [-0.25, -0.2) is 0 Å². The summed E-state index contributed by atoms with van der Waals surface area (Å²) in [5.41, 5.74) is 7.08. The Morgan fingerprint density at radius 2 is 1.79 bits per heavy atom. The number of para-hydroxylation sites is 1. The number of hydrogen-bond acceptors (Lipinski definition) is 1. The molecular formula is C27H27N. The SMILES string of the molecule is Cc1ccc(C2=CC3CC(=C2)C2(C=CC=CC2)CN(c2ccccc2)C3)cc1. The van der Waals surface area contributed by atoms with E-state index in [1.165, 1.54) is 22.4 Å². The second-order valence-corrected chi connectivity index (χ2v) is 8.49. The molecule has 1 spiro atoms. The molecule has 2 unspecified atom stereocenters. The number of fused-ring (bicyclic) bond motifs is 3. The van der Waals surface area contributed by atoms with Crippen molar-refractivity contribution >= 4 is 11.3 Å². The van der Waals surface area contributed by atoms with Crippen LogP contribution in [0.2, 0.25) is 0 Å². The molecule has 2 aliphatic carbocycles. The third-order valence-corrected chi connectivity index (χ3v) is 6.45. The van der Waals surface area contributed by atoms with Gasteiger partial charge in [-0.2, -0.15) is 0 Å². The van der Waals surface area contributed by atoms with Gasteiger partial charge in [0.25, 0.3) is 0 Å². The molecule has 1 nitrogen and oxygen atoms in total. The van der Waals surface area contributed by atoms with Crippen molar-refractivity contribution < 1.29 is 0 Å². The lowest BCUT2D eigenvalue weighted by atomic mass is 9.70. The molecule has 1 saturated heterocycles. The first kappa shape index (κ1) is 17.3. The third kappa shape index (κ3) is 3.16. The molecule has 0 N–H and O–H groups in total. The van der Waals surface area contributed by atoms with Crippen molar-refractivity contribution in [1.82, 2.24) is 0 Å². The molecule has 1 aliphatic heterocycles. The molecular weight excluding hydrogens is 338 g/mol. The maximum absolute atomic E-state index is 2.60. The van der Waals surface area contributed by atoms with E-state index in [1.54, 1.807) is 5.57 Å². The predicted octanol–water partition coefficient (Wildman–Crippen LogP) is 6.35. The van der Waals surface area contributed by atoms with Gasteiger partial charge in [-0.05, 0) is 49.0 Å². The lowest BCUT2D eigenvalue weighted by Crippen LogP contribution is -2.37. The van der Waals surface area contributed by atoms with Crippen LogP contribution >= 0.6 is 0 Å². The van der Waals surface area contributed by atoms with Crippen LogP contribution in [0.3, 0.4) is 0 Å². The Labute approximate surface area is 168 Å². The second-order valence-electron chi connectivity index (χ2n) is 8.49. The summed E-state index contributed by atoms with van der Waals surface area (Å²) in [5, 5.41) is 0. The number of allylic oxidation sites excluding steroid dienone is 5. The van der Waals surface area contributed by atoms with Gasteiger partial charge >= 0.3 is 0 Å². The van der Waals surface area contributed by atoms with Crippen molar-refractivity contribution in [2.24, 2.45) is 11.3 Å². The predicted molar refractivity (Wildman–Crippen MR) is 119 cm³/mol. The minimum absolute atomic E-state index is 0.101. The van der Waals surface area contributed by atoms with E-state index in [0.717, 1.165) is 25.9 Å². The van der Waals surface area contributed by atoms with Crippen molar-refractivity contribution in [3.63, 3.8) is 0 Å². The minimum atomic E-state index is 0.101. The van der Waals surface area contributed by atoms with Crippen molar-refractivity contribution in [2.75, 3.05) is 18.0 Å². The van der Waals surface area contributed by atoms with E-state index >= 15 is 0 Å². The van der Waals surface area contributed by atoms with E-state index in [9.17, 15) is 0 Å². The first-order valence-electron chi connectivity index (χ1n) is 10.4. The zero-order chi connectivity index (χ0) is 19.0. The Bertz CT molecular complexity index is 975. The summed E-state index contributed by atoms with van der Waals surface area (Å²) in [6, 6.07) is 19.9. The lowest BCUT2D eigenvalue weighted by molar-refractivity contribution is 0.461. The van der Waals surface area contributed by atoms with Crippen LogP contribution in [0.4, 0.5) is 5.69 Å². The molecule has 2 bridgehead atoms. The molecule has 1 fully saturated rings. The van der Waals surface area contributed by atoms with Gasteiger partial charge in [-0.3, -0.25) is 0 Å². The number of anilines is 1.